The Balaban J connectivity index is 1.35. The van der Waals surface area contributed by atoms with Crippen LogP contribution in [0.3, 0.4) is 0 Å². The number of hydrogen-bond donors (Lipinski definition) is 1. The molecule has 0 spiro atoms. The lowest BCUT2D eigenvalue weighted by molar-refractivity contribution is -0.141. The van der Waals surface area contributed by atoms with Crippen molar-refractivity contribution in [3.8, 4) is 12.3 Å². The number of aliphatic carboxylic acids is 1. The Morgan fingerprint density at radius 2 is 1.69 bits per heavy atom. The van der Waals surface area contributed by atoms with E-state index >= 15 is 0 Å². The first-order valence-electron chi connectivity index (χ1n) is 10.4. The summed E-state index contributed by atoms with van der Waals surface area (Å²) < 4.78 is 0. The van der Waals surface area contributed by atoms with Gasteiger partial charge in [-0.15, -0.1) is 6.42 Å². The number of carboxylic acids is 1. The van der Waals surface area contributed by atoms with Crippen LogP contribution in [0, 0.1) is 36.0 Å². The number of hydrogen-bond acceptors (Lipinski definition) is 4. The zero-order valence-electron chi connectivity index (χ0n) is 16.6. The number of allylic oxidation sites excluding steroid dienone is 2. The number of fused-ring (bicyclic) bond motifs is 5. The third-order valence-electron chi connectivity index (χ3n) is 6.31. The zero-order valence-corrected chi connectivity index (χ0v) is 16.6. The lowest BCUT2D eigenvalue weighted by Gasteiger charge is -2.20. The minimum Gasteiger partial charge on any atom is -0.481 e. The Morgan fingerprint density at radius 1 is 1.07 bits per heavy atom. The van der Waals surface area contributed by atoms with Gasteiger partial charge in [0.1, 0.15) is 0 Å². The predicted molar refractivity (Wildman–Crippen MR) is 105 cm³/mol. The van der Waals surface area contributed by atoms with Crippen molar-refractivity contribution < 1.29 is 24.3 Å². The molecule has 1 aliphatic heterocycles. The van der Waals surface area contributed by atoms with E-state index in [4.69, 9.17) is 11.5 Å². The average molecular weight is 400 g/mol. The van der Waals surface area contributed by atoms with Gasteiger partial charge >= 0.3 is 5.97 Å². The second kappa shape index (κ2) is 9.25. The molecule has 7 nitrogen and oxygen atoms in total. The number of unbranched alkanes of at least 4 members (excludes halogenated alkanes) is 3. The van der Waals surface area contributed by atoms with Crippen molar-refractivity contribution in [2.24, 2.45) is 23.7 Å². The van der Waals surface area contributed by atoms with Crippen LogP contribution in [0.4, 0.5) is 0 Å². The number of carbonyl (C=O) groups excluding carboxylic acids is 3. The van der Waals surface area contributed by atoms with Gasteiger partial charge in [-0.05, 0) is 31.1 Å². The fraction of sp³-hybridized carbons (Fsp3) is 0.636. The molecule has 4 atom stereocenters. The Morgan fingerprint density at radius 3 is 2.28 bits per heavy atom. The maximum atomic E-state index is 12.6. The van der Waals surface area contributed by atoms with E-state index in [1.54, 1.807) is 0 Å². The zero-order chi connectivity index (χ0) is 21.0. The highest BCUT2D eigenvalue weighted by Crippen LogP contribution is 2.52. The van der Waals surface area contributed by atoms with Crippen LogP contribution in [-0.4, -0.2) is 58.2 Å². The summed E-state index contributed by atoms with van der Waals surface area (Å²) in [5.41, 5.74) is 0. The predicted octanol–water partition coefficient (Wildman–Crippen LogP) is 1.68. The largest absolute Gasteiger partial charge is 0.481 e. The molecule has 1 saturated carbocycles. The molecule has 3 amide bonds. The number of nitrogens with zero attached hydrogens (tertiary/aromatic N) is 2. The first-order valence-corrected chi connectivity index (χ1v) is 10.4. The second-order valence-electron chi connectivity index (χ2n) is 8.16. The molecule has 3 aliphatic rings. The fourth-order valence-corrected chi connectivity index (χ4v) is 4.88. The highest BCUT2D eigenvalue weighted by Gasteiger charge is 2.58. The van der Waals surface area contributed by atoms with Gasteiger partial charge in [0.15, 0.2) is 0 Å². The molecule has 2 bridgehead atoms. The average Bonchev–Trinajstić information content (AvgIpc) is 3.37. The molecule has 0 aromatic heterocycles. The third kappa shape index (κ3) is 4.52. The quantitative estimate of drug-likeness (QED) is 0.246. The van der Waals surface area contributed by atoms with Gasteiger partial charge in [0.05, 0.1) is 24.8 Å². The van der Waals surface area contributed by atoms with E-state index in [2.05, 4.69) is 18.1 Å². The molecule has 1 heterocycles. The molecule has 2 aliphatic carbocycles. The van der Waals surface area contributed by atoms with Gasteiger partial charge in [-0.3, -0.25) is 24.1 Å². The Bertz CT molecular complexity index is 723. The Labute approximate surface area is 171 Å². The van der Waals surface area contributed by atoms with Crippen LogP contribution in [0.2, 0.25) is 0 Å². The minimum atomic E-state index is -1.00. The summed E-state index contributed by atoms with van der Waals surface area (Å²) in [4.78, 5) is 50.9. The smallest absolute Gasteiger partial charge is 0.303 e. The van der Waals surface area contributed by atoms with Gasteiger partial charge in [0, 0.05) is 19.5 Å². The van der Waals surface area contributed by atoms with Gasteiger partial charge in [0.25, 0.3) is 0 Å². The van der Waals surface area contributed by atoms with Crippen LogP contribution in [0.1, 0.15) is 44.9 Å². The number of terminal acetylenes is 1. The van der Waals surface area contributed by atoms with Gasteiger partial charge in [-0.2, -0.15) is 0 Å². The summed E-state index contributed by atoms with van der Waals surface area (Å²) in [6, 6.07) is 0. The lowest BCUT2D eigenvalue weighted by Crippen LogP contribution is -2.34. The van der Waals surface area contributed by atoms with Gasteiger partial charge in [-0.25, -0.2) is 0 Å². The van der Waals surface area contributed by atoms with Crippen molar-refractivity contribution in [1.82, 2.24) is 9.80 Å². The van der Waals surface area contributed by atoms with Crippen molar-refractivity contribution >= 4 is 23.7 Å². The first-order chi connectivity index (χ1) is 13.9. The Kier molecular flexibility index (Phi) is 6.73. The topological polar surface area (TPSA) is 95.0 Å². The summed E-state index contributed by atoms with van der Waals surface area (Å²) in [7, 11) is 0. The summed E-state index contributed by atoms with van der Waals surface area (Å²) in [5.74, 6) is 1.42. The van der Waals surface area contributed by atoms with E-state index in [1.807, 2.05) is 0 Å². The van der Waals surface area contributed by atoms with E-state index in [1.165, 1.54) is 9.80 Å². The number of carboxylic acid groups (broad SMARTS) is 1. The lowest BCUT2D eigenvalue weighted by atomic mass is 9.85. The molecule has 3 rings (SSSR count). The van der Waals surface area contributed by atoms with Crippen LogP contribution < -0.4 is 0 Å². The summed E-state index contributed by atoms with van der Waals surface area (Å²) in [6.07, 6.45) is 13.4. The molecular weight excluding hydrogens is 372 g/mol. The normalized spacial score (nSPS) is 26.7. The van der Waals surface area contributed by atoms with Crippen LogP contribution in [0.25, 0.3) is 0 Å². The van der Waals surface area contributed by atoms with Gasteiger partial charge in [0.2, 0.25) is 17.7 Å². The van der Waals surface area contributed by atoms with Gasteiger partial charge < -0.3 is 10.0 Å². The van der Waals surface area contributed by atoms with Crippen molar-refractivity contribution in [2.75, 3.05) is 19.6 Å². The number of imide groups is 1. The molecule has 1 saturated heterocycles. The summed E-state index contributed by atoms with van der Waals surface area (Å²) in [6.45, 7) is 1.13. The molecular formula is C22H28N2O5. The minimum absolute atomic E-state index is 0.000993. The van der Waals surface area contributed by atoms with Crippen LogP contribution in [0.5, 0.6) is 0 Å². The highest BCUT2D eigenvalue weighted by atomic mass is 16.4. The maximum absolute atomic E-state index is 12.6. The Hall–Kier alpha value is -2.62. The number of carbonyl (C=O) groups is 4. The standard InChI is InChI=1S/C22H28N2O5/c1-2-11-23(17(25)9-10-18(26)27)12-5-3-4-6-13-24-21(28)19-15-7-8-16(14-15)20(19)22(24)29/h1,7-8,15-16,19-20H,3-6,9-14H2,(H,26,27)/t15-,16+,19+,20?/m1/s1. The summed E-state index contributed by atoms with van der Waals surface area (Å²) in [5, 5.41) is 8.69. The number of amides is 3. The molecule has 0 radical (unpaired) electrons. The molecule has 7 heteroatoms. The molecule has 2 fully saturated rings. The van der Waals surface area contributed by atoms with Crippen LogP contribution >= 0.6 is 0 Å². The molecule has 0 aromatic carbocycles. The summed E-state index contributed by atoms with van der Waals surface area (Å²) >= 11 is 0. The van der Waals surface area contributed by atoms with Crippen molar-refractivity contribution in [3.05, 3.63) is 12.2 Å². The van der Waals surface area contributed by atoms with E-state index in [0.29, 0.717) is 13.1 Å². The van der Waals surface area contributed by atoms with Crippen molar-refractivity contribution in [2.45, 2.75) is 44.9 Å². The fourth-order valence-electron chi connectivity index (χ4n) is 4.88. The van der Waals surface area contributed by atoms with E-state index < -0.39 is 5.97 Å². The second-order valence-corrected chi connectivity index (χ2v) is 8.16. The van der Waals surface area contributed by atoms with Crippen LogP contribution in [-0.2, 0) is 19.2 Å². The van der Waals surface area contributed by atoms with Gasteiger partial charge in [-0.1, -0.05) is 30.9 Å². The van der Waals surface area contributed by atoms with Crippen molar-refractivity contribution in [1.29, 1.82) is 0 Å². The van der Waals surface area contributed by atoms with E-state index in [-0.39, 0.29) is 60.8 Å². The van der Waals surface area contributed by atoms with Crippen molar-refractivity contribution in [3.63, 3.8) is 0 Å². The maximum Gasteiger partial charge on any atom is 0.303 e. The SMILES string of the molecule is C#CCN(CCCCCCN1C(=O)C2[C@@H](C1=O)[C@@H]1C=C[C@H]2C1)C(=O)CCC(=O)O. The first kappa shape index (κ1) is 21.1. The third-order valence-corrected chi connectivity index (χ3v) is 6.31. The molecule has 0 aromatic rings. The number of rotatable bonds is 11. The van der Waals surface area contributed by atoms with Crippen LogP contribution in [0.15, 0.2) is 12.2 Å². The molecule has 29 heavy (non-hydrogen) atoms. The molecule has 1 unspecified atom stereocenters. The highest BCUT2D eigenvalue weighted by molar-refractivity contribution is 6.06. The molecule has 1 N–H and O–H groups in total. The molecule has 156 valence electrons. The van der Waals surface area contributed by atoms with E-state index in [9.17, 15) is 19.2 Å². The monoisotopic (exact) mass is 400 g/mol. The van der Waals surface area contributed by atoms with E-state index in [0.717, 1.165) is 32.1 Å². The number of likely N-dealkylation sites (tertiary alicyclic amines) is 1.